The monoisotopic (exact) mass is 399 g/mol. The Balaban J connectivity index is 3.74. The summed E-state index contributed by atoms with van der Waals surface area (Å²) in [4.78, 5) is 28.3. The van der Waals surface area contributed by atoms with Gasteiger partial charge in [0.15, 0.2) is 5.54 Å². The largest absolute Gasteiger partial charge is 0.458 e. The molecule has 0 aromatic rings. The van der Waals surface area contributed by atoms with Crippen molar-refractivity contribution in [3.05, 3.63) is 0 Å². The number of nitrogens with zero attached hydrogens (tertiary/aromatic N) is 1. The van der Waals surface area contributed by atoms with Crippen LogP contribution in [0.15, 0.2) is 0 Å². The van der Waals surface area contributed by atoms with Crippen LogP contribution >= 0.6 is 0 Å². The van der Waals surface area contributed by atoms with Crippen molar-refractivity contribution in [1.29, 1.82) is 0 Å². The predicted molar refractivity (Wildman–Crippen MR) is 110 cm³/mol. The maximum Gasteiger partial charge on any atom is 0.411 e. The van der Waals surface area contributed by atoms with Crippen LogP contribution in [0.5, 0.6) is 0 Å². The van der Waals surface area contributed by atoms with Crippen LogP contribution in [-0.4, -0.2) is 51.5 Å². The molecule has 0 saturated carbocycles. The number of carbonyl (C=O) groups is 2. The molecule has 6 nitrogen and oxygen atoms in total. The van der Waals surface area contributed by atoms with E-state index in [4.69, 9.17) is 9.47 Å². The standard InChI is InChI=1S/C22H41NO5/c1-18(2,3)15-14(24)13-23(17(26)28-21(10,11)12)22(15,19(4,5)6)16(25)27-20(7,8)9/h14-15,24H,13H2,1-12H3/t14-,15?,22+/m0/s1. The van der Waals surface area contributed by atoms with Crippen LogP contribution in [0, 0.1) is 16.7 Å². The number of ether oxygens (including phenoxy) is 2. The summed E-state index contributed by atoms with van der Waals surface area (Å²) in [5.74, 6) is -1.03. The van der Waals surface area contributed by atoms with Gasteiger partial charge in [0.2, 0.25) is 0 Å². The summed E-state index contributed by atoms with van der Waals surface area (Å²) in [6, 6.07) is 0. The second-order valence-electron chi connectivity index (χ2n) is 12.0. The maximum absolute atomic E-state index is 13.7. The number of hydrogen-bond donors (Lipinski definition) is 1. The summed E-state index contributed by atoms with van der Waals surface area (Å²) in [5.41, 5.74) is -3.99. The molecule has 0 bridgehead atoms. The van der Waals surface area contributed by atoms with Gasteiger partial charge in [0.25, 0.3) is 0 Å². The first-order valence-corrected chi connectivity index (χ1v) is 10.1. The van der Waals surface area contributed by atoms with E-state index in [0.29, 0.717) is 0 Å². The predicted octanol–water partition coefficient (Wildman–Crippen LogP) is 4.39. The molecule has 164 valence electrons. The zero-order valence-corrected chi connectivity index (χ0v) is 19.9. The number of likely N-dealkylation sites (tertiary alicyclic amines) is 1. The molecule has 1 rings (SSSR count). The van der Waals surface area contributed by atoms with Gasteiger partial charge >= 0.3 is 12.1 Å². The molecule has 1 amide bonds. The second-order valence-corrected chi connectivity index (χ2v) is 12.0. The Labute approximate surface area is 171 Å². The van der Waals surface area contributed by atoms with E-state index in [2.05, 4.69) is 0 Å². The van der Waals surface area contributed by atoms with Crippen molar-refractivity contribution in [1.82, 2.24) is 4.90 Å². The molecule has 0 aliphatic carbocycles. The molecule has 1 fully saturated rings. The number of hydrogen-bond acceptors (Lipinski definition) is 5. The highest BCUT2D eigenvalue weighted by Crippen LogP contribution is 2.55. The van der Waals surface area contributed by atoms with Gasteiger partial charge in [-0.2, -0.15) is 0 Å². The number of aliphatic hydroxyl groups excluding tert-OH is 1. The Bertz CT molecular complexity index is 600. The summed E-state index contributed by atoms with van der Waals surface area (Å²) in [6.45, 7) is 22.4. The molecule has 0 aromatic heterocycles. The maximum atomic E-state index is 13.7. The van der Waals surface area contributed by atoms with Crippen molar-refractivity contribution in [3.8, 4) is 0 Å². The Morgan fingerprint density at radius 3 is 1.61 bits per heavy atom. The minimum Gasteiger partial charge on any atom is -0.458 e. The van der Waals surface area contributed by atoms with E-state index in [-0.39, 0.29) is 6.54 Å². The number of esters is 1. The Morgan fingerprint density at radius 1 is 0.857 bits per heavy atom. The molecule has 3 atom stereocenters. The molecule has 0 spiro atoms. The van der Waals surface area contributed by atoms with Crippen LogP contribution in [0.4, 0.5) is 4.79 Å². The summed E-state index contributed by atoms with van der Waals surface area (Å²) < 4.78 is 11.5. The Morgan fingerprint density at radius 2 is 1.29 bits per heavy atom. The van der Waals surface area contributed by atoms with Gasteiger partial charge in [-0.25, -0.2) is 9.59 Å². The molecule has 0 aromatic carbocycles. The van der Waals surface area contributed by atoms with Crippen molar-refractivity contribution in [2.24, 2.45) is 16.7 Å². The molecular weight excluding hydrogens is 358 g/mol. The SMILES string of the molecule is CC(C)(C)OC(=O)N1C[C@H](O)C(C(C)(C)C)[C@@]1(C(=O)OC(C)(C)C)C(C)(C)C. The van der Waals surface area contributed by atoms with E-state index in [9.17, 15) is 14.7 Å². The molecular formula is C22H41NO5. The summed E-state index contributed by atoms with van der Waals surface area (Å²) >= 11 is 0. The Kier molecular flexibility index (Phi) is 6.35. The van der Waals surface area contributed by atoms with Crippen molar-refractivity contribution in [2.45, 2.75) is 106 Å². The van der Waals surface area contributed by atoms with Crippen LogP contribution in [0.1, 0.15) is 83.1 Å². The van der Waals surface area contributed by atoms with Gasteiger partial charge in [0, 0.05) is 5.92 Å². The highest BCUT2D eigenvalue weighted by atomic mass is 16.6. The van der Waals surface area contributed by atoms with Gasteiger partial charge in [0.1, 0.15) is 11.2 Å². The molecule has 1 saturated heterocycles. The smallest absolute Gasteiger partial charge is 0.411 e. The van der Waals surface area contributed by atoms with Crippen LogP contribution in [-0.2, 0) is 14.3 Å². The molecule has 6 heteroatoms. The number of carbonyl (C=O) groups excluding carboxylic acids is 2. The molecule has 1 aliphatic rings. The molecule has 1 unspecified atom stereocenters. The van der Waals surface area contributed by atoms with Crippen LogP contribution in [0.2, 0.25) is 0 Å². The molecule has 28 heavy (non-hydrogen) atoms. The summed E-state index contributed by atoms with van der Waals surface area (Å²) in [5, 5.41) is 11.0. The number of amides is 1. The van der Waals surface area contributed by atoms with E-state index < -0.39 is 51.7 Å². The van der Waals surface area contributed by atoms with E-state index in [1.807, 2.05) is 41.5 Å². The van der Waals surface area contributed by atoms with E-state index >= 15 is 0 Å². The van der Waals surface area contributed by atoms with E-state index in [1.54, 1.807) is 41.5 Å². The highest BCUT2D eigenvalue weighted by Gasteiger charge is 2.70. The average Bonchev–Trinajstić information content (AvgIpc) is 2.68. The summed E-state index contributed by atoms with van der Waals surface area (Å²) in [7, 11) is 0. The molecule has 0 radical (unpaired) electrons. The minimum absolute atomic E-state index is 0.0212. The average molecular weight is 400 g/mol. The normalized spacial score (nSPS) is 27.0. The van der Waals surface area contributed by atoms with Crippen LogP contribution < -0.4 is 0 Å². The number of β-amino-alcohol motifs (C(OH)–C–C–N with tert-alkyl or cyclic N) is 1. The lowest BCUT2D eigenvalue weighted by Crippen LogP contribution is -2.67. The van der Waals surface area contributed by atoms with E-state index in [1.165, 1.54) is 4.90 Å². The van der Waals surface area contributed by atoms with E-state index in [0.717, 1.165) is 0 Å². The summed E-state index contributed by atoms with van der Waals surface area (Å²) in [6.07, 6.45) is -1.49. The van der Waals surface area contributed by atoms with Gasteiger partial charge < -0.3 is 14.6 Å². The van der Waals surface area contributed by atoms with Gasteiger partial charge in [-0.15, -0.1) is 0 Å². The number of rotatable bonds is 1. The third-order valence-corrected chi connectivity index (χ3v) is 5.03. The highest BCUT2D eigenvalue weighted by molar-refractivity contribution is 5.89. The number of aliphatic hydroxyl groups is 1. The topological polar surface area (TPSA) is 76.1 Å². The Hall–Kier alpha value is -1.30. The lowest BCUT2D eigenvalue weighted by molar-refractivity contribution is -0.184. The van der Waals surface area contributed by atoms with Crippen LogP contribution in [0.3, 0.4) is 0 Å². The zero-order valence-electron chi connectivity index (χ0n) is 19.9. The van der Waals surface area contributed by atoms with Crippen molar-refractivity contribution < 1.29 is 24.2 Å². The van der Waals surface area contributed by atoms with Crippen molar-refractivity contribution >= 4 is 12.1 Å². The molecule has 1 N–H and O–H groups in total. The fraction of sp³-hybridized carbons (Fsp3) is 0.909. The quantitative estimate of drug-likeness (QED) is 0.662. The van der Waals surface area contributed by atoms with Gasteiger partial charge in [-0.1, -0.05) is 41.5 Å². The first kappa shape index (κ1) is 24.7. The molecule has 1 heterocycles. The van der Waals surface area contributed by atoms with Gasteiger partial charge in [0.05, 0.1) is 12.6 Å². The van der Waals surface area contributed by atoms with Crippen LogP contribution in [0.25, 0.3) is 0 Å². The third-order valence-electron chi connectivity index (χ3n) is 5.03. The minimum atomic E-state index is -1.37. The first-order chi connectivity index (χ1) is 12.1. The second kappa shape index (κ2) is 7.19. The fourth-order valence-electron chi connectivity index (χ4n) is 4.39. The zero-order chi connectivity index (χ0) is 22.5. The van der Waals surface area contributed by atoms with Gasteiger partial charge in [-0.3, -0.25) is 4.90 Å². The molecule has 1 aliphatic heterocycles. The third kappa shape index (κ3) is 4.81. The van der Waals surface area contributed by atoms with Crippen molar-refractivity contribution in [2.75, 3.05) is 6.54 Å². The first-order valence-electron chi connectivity index (χ1n) is 10.1. The fourth-order valence-corrected chi connectivity index (χ4v) is 4.39. The van der Waals surface area contributed by atoms with Crippen molar-refractivity contribution in [3.63, 3.8) is 0 Å². The lowest BCUT2D eigenvalue weighted by Gasteiger charge is -2.52. The lowest BCUT2D eigenvalue weighted by atomic mass is 9.58. The van der Waals surface area contributed by atoms with Gasteiger partial charge in [-0.05, 0) is 52.4 Å².